The summed E-state index contributed by atoms with van der Waals surface area (Å²) >= 11 is 0. The molecule has 2 atom stereocenters. The molecule has 0 saturated carbocycles. The van der Waals surface area contributed by atoms with E-state index in [0.717, 1.165) is 12.8 Å². The molecule has 9 nitrogen and oxygen atoms in total. The molecule has 0 bridgehead atoms. The van der Waals surface area contributed by atoms with Crippen LogP contribution in [0.3, 0.4) is 0 Å². The summed E-state index contributed by atoms with van der Waals surface area (Å²) in [7, 11) is 0. The second-order valence-corrected chi connectivity index (χ2v) is 10.1. The van der Waals surface area contributed by atoms with Crippen molar-refractivity contribution in [2.24, 2.45) is 5.92 Å². The monoisotopic (exact) mass is 536 g/mol. The van der Waals surface area contributed by atoms with Crippen LogP contribution in [0, 0.1) is 5.92 Å². The van der Waals surface area contributed by atoms with Crippen molar-refractivity contribution in [3.05, 3.63) is 65.7 Å². The van der Waals surface area contributed by atoms with Crippen molar-refractivity contribution in [2.75, 3.05) is 26.2 Å². The van der Waals surface area contributed by atoms with Crippen LogP contribution in [-0.2, 0) is 20.8 Å². The predicted octanol–water partition coefficient (Wildman–Crippen LogP) is 2.70. The number of aryl methyl sites for hydroxylation is 1. The Hall–Kier alpha value is -3.88. The van der Waals surface area contributed by atoms with Gasteiger partial charge in [-0.15, -0.1) is 0 Å². The molecule has 1 heterocycles. The minimum Gasteiger partial charge on any atom is -0.491 e. The Morgan fingerprint density at radius 2 is 1.77 bits per heavy atom. The summed E-state index contributed by atoms with van der Waals surface area (Å²) in [6.07, 6.45) is 1.66. The van der Waals surface area contributed by atoms with Crippen molar-refractivity contribution in [3.63, 3.8) is 0 Å². The van der Waals surface area contributed by atoms with E-state index in [9.17, 15) is 19.2 Å². The van der Waals surface area contributed by atoms with E-state index in [4.69, 9.17) is 4.74 Å². The molecular formula is C30H40N4O5. The smallest absolute Gasteiger partial charge is 0.255 e. The number of ether oxygens (including phenoxy) is 1. The maximum absolute atomic E-state index is 13.3. The average Bonchev–Trinajstić information content (AvgIpc) is 2.94. The first-order valence-electron chi connectivity index (χ1n) is 13.7. The highest BCUT2D eigenvalue weighted by atomic mass is 16.5. The SMILES string of the molecule is CCN1CC(=O)N[C@@H](C(C)C)COc2ccccc2C(=O)N[C@H](C(=O)NCCCc2ccccc2)CCC1=O. The standard InChI is InChI=1S/C30H40N4O5/c1-4-34-19-27(35)32-25(21(2)3)20-39-26-15-9-8-14-23(26)29(37)33-24(16-17-28(34)36)30(38)31-18-10-13-22-11-6-5-7-12-22/h5-9,11-12,14-15,21,24-25H,4,10,13,16-20H2,1-3H3,(H,31,38)(H,32,35)(H,33,37)/t24-,25+/m0/s1. The lowest BCUT2D eigenvalue weighted by Crippen LogP contribution is -2.48. The maximum Gasteiger partial charge on any atom is 0.255 e. The van der Waals surface area contributed by atoms with Gasteiger partial charge in [0.2, 0.25) is 17.7 Å². The van der Waals surface area contributed by atoms with E-state index in [2.05, 4.69) is 16.0 Å². The van der Waals surface area contributed by atoms with E-state index in [1.807, 2.05) is 44.2 Å². The molecule has 0 spiro atoms. The molecule has 3 rings (SSSR count). The Bertz CT molecular complexity index is 1120. The molecule has 0 unspecified atom stereocenters. The molecule has 0 radical (unpaired) electrons. The Labute approximate surface area is 230 Å². The third kappa shape index (κ3) is 9.12. The number of benzene rings is 2. The number of carbonyl (C=O) groups is 4. The number of para-hydroxylation sites is 1. The van der Waals surface area contributed by atoms with E-state index in [1.165, 1.54) is 10.5 Å². The van der Waals surface area contributed by atoms with Gasteiger partial charge in [0.1, 0.15) is 18.4 Å². The van der Waals surface area contributed by atoms with Crippen molar-refractivity contribution in [3.8, 4) is 5.75 Å². The summed E-state index contributed by atoms with van der Waals surface area (Å²) in [6, 6.07) is 15.6. The summed E-state index contributed by atoms with van der Waals surface area (Å²) in [5, 5.41) is 8.67. The lowest BCUT2D eigenvalue weighted by Gasteiger charge is -2.25. The van der Waals surface area contributed by atoms with Gasteiger partial charge in [-0.3, -0.25) is 19.2 Å². The van der Waals surface area contributed by atoms with Crippen LogP contribution in [0.4, 0.5) is 0 Å². The molecule has 0 saturated heterocycles. The molecule has 2 aromatic carbocycles. The fourth-order valence-electron chi connectivity index (χ4n) is 4.37. The molecule has 1 aliphatic rings. The lowest BCUT2D eigenvalue weighted by molar-refractivity contribution is -0.136. The maximum atomic E-state index is 13.3. The Kier molecular flexibility index (Phi) is 11.3. The van der Waals surface area contributed by atoms with Gasteiger partial charge in [0.25, 0.3) is 5.91 Å². The number of nitrogens with zero attached hydrogens (tertiary/aromatic N) is 1. The molecular weight excluding hydrogens is 496 g/mol. The topological polar surface area (TPSA) is 117 Å². The predicted molar refractivity (Wildman–Crippen MR) is 149 cm³/mol. The van der Waals surface area contributed by atoms with Crippen LogP contribution in [0.15, 0.2) is 54.6 Å². The van der Waals surface area contributed by atoms with Gasteiger partial charge in [-0.1, -0.05) is 56.3 Å². The summed E-state index contributed by atoms with van der Waals surface area (Å²) in [6.45, 7) is 6.59. The highest BCUT2D eigenvalue weighted by Crippen LogP contribution is 2.20. The van der Waals surface area contributed by atoms with Gasteiger partial charge in [-0.25, -0.2) is 0 Å². The van der Waals surface area contributed by atoms with Crippen LogP contribution in [0.2, 0.25) is 0 Å². The quantitative estimate of drug-likeness (QED) is 0.471. The second-order valence-electron chi connectivity index (χ2n) is 10.1. The van der Waals surface area contributed by atoms with E-state index in [1.54, 1.807) is 31.2 Å². The number of hydrogen-bond acceptors (Lipinski definition) is 5. The van der Waals surface area contributed by atoms with Gasteiger partial charge < -0.3 is 25.6 Å². The third-order valence-electron chi connectivity index (χ3n) is 6.82. The highest BCUT2D eigenvalue weighted by Gasteiger charge is 2.27. The zero-order valence-electron chi connectivity index (χ0n) is 23.1. The molecule has 4 amide bonds. The number of hydrogen-bond donors (Lipinski definition) is 3. The van der Waals surface area contributed by atoms with Crippen LogP contribution in [-0.4, -0.2) is 66.9 Å². The Morgan fingerprint density at radius 3 is 2.49 bits per heavy atom. The third-order valence-corrected chi connectivity index (χ3v) is 6.82. The number of rotatable bonds is 7. The number of nitrogens with one attached hydrogen (secondary N) is 3. The van der Waals surface area contributed by atoms with Gasteiger partial charge in [0.05, 0.1) is 18.2 Å². The minimum absolute atomic E-state index is 0.00918. The fraction of sp³-hybridized carbons (Fsp3) is 0.467. The van der Waals surface area contributed by atoms with Crippen LogP contribution in [0.1, 0.15) is 56.0 Å². The van der Waals surface area contributed by atoms with Gasteiger partial charge in [-0.2, -0.15) is 0 Å². The first-order valence-corrected chi connectivity index (χ1v) is 13.7. The molecule has 210 valence electrons. The molecule has 9 heteroatoms. The number of fused-ring (bicyclic) bond motifs is 1. The van der Waals surface area contributed by atoms with E-state index in [-0.39, 0.29) is 61.2 Å². The van der Waals surface area contributed by atoms with Crippen molar-refractivity contribution < 1.29 is 23.9 Å². The summed E-state index contributed by atoms with van der Waals surface area (Å²) < 4.78 is 5.99. The lowest BCUT2D eigenvalue weighted by atomic mass is 10.1. The first-order chi connectivity index (χ1) is 18.8. The van der Waals surface area contributed by atoms with Crippen molar-refractivity contribution in [2.45, 2.75) is 58.5 Å². The van der Waals surface area contributed by atoms with Gasteiger partial charge >= 0.3 is 0 Å². The number of likely N-dealkylation sites (N-methyl/N-ethyl adjacent to an activating group) is 1. The second kappa shape index (κ2) is 14.9. The van der Waals surface area contributed by atoms with Crippen LogP contribution in [0.25, 0.3) is 0 Å². The summed E-state index contributed by atoms with van der Waals surface area (Å²) in [5.41, 5.74) is 1.46. The molecule has 2 aromatic rings. The van der Waals surface area contributed by atoms with Crippen LogP contribution in [0.5, 0.6) is 5.75 Å². The number of carbonyl (C=O) groups excluding carboxylic acids is 4. The largest absolute Gasteiger partial charge is 0.491 e. The zero-order valence-corrected chi connectivity index (χ0v) is 23.1. The van der Waals surface area contributed by atoms with Crippen molar-refractivity contribution >= 4 is 23.6 Å². The van der Waals surface area contributed by atoms with Gasteiger partial charge in [-0.05, 0) is 49.8 Å². The van der Waals surface area contributed by atoms with E-state index in [0.29, 0.717) is 18.8 Å². The molecule has 0 aliphatic carbocycles. The van der Waals surface area contributed by atoms with Crippen molar-refractivity contribution in [1.82, 2.24) is 20.9 Å². The van der Waals surface area contributed by atoms with Crippen molar-refractivity contribution in [1.29, 1.82) is 0 Å². The Balaban J connectivity index is 1.77. The Morgan fingerprint density at radius 1 is 1.05 bits per heavy atom. The van der Waals surface area contributed by atoms with Crippen LogP contribution >= 0.6 is 0 Å². The van der Waals surface area contributed by atoms with Crippen LogP contribution < -0.4 is 20.7 Å². The minimum atomic E-state index is -0.924. The highest BCUT2D eigenvalue weighted by molar-refractivity contribution is 5.99. The number of amides is 4. The van der Waals surface area contributed by atoms with E-state index < -0.39 is 11.9 Å². The summed E-state index contributed by atoms with van der Waals surface area (Å²) in [4.78, 5) is 53.7. The average molecular weight is 537 g/mol. The molecule has 3 N–H and O–H groups in total. The first kappa shape index (κ1) is 29.7. The normalized spacial score (nSPS) is 19.2. The molecule has 1 aliphatic heterocycles. The molecule has 39 heavy (non-hydrogen) atoms. The molecule has 0 aromatic heterocycles. The summed E-state index contributed by atoms with van der Waals surface area (Å²) in [5.74, 6) is -0.930. The van der Waals surface area contributed by atoms with E-state index >= 15 is 0 Å². The fourth-order valence-corrected chi connectivity index (χ4v) is 4.37. The zero-order chi connectivity index (χ0) is 28.2. The van der Waals surface area contributed by atoms with Gasteiger partial charge in [0.15, 0.2) is 0 Å². The molecule has 0 fully saturated rings. The van der Waals surface area contributed by atoms with Gasteiger partial charge in [0, 0.05) is 19.5 Å².